The average molecular weight is 316 g/mol. The molecule has 0 amide bonds. The van der Waals surface area contributed by atoms with Gasteiger partial charge in [-0.05, 0) is 44.9 Å². The lowest BCUT2D eigenvalue weighted by molar-refractivity contribution is -0.157. The van der Waals surface area contributed by atoms with Crippen molar-refractivity contribution in [3.05, 3.63) is 35.4 Å². The van der Waals surface area contributed by atoms with Crippen molar-refractivity contribution in [2.75, 3.05) is 0 Å². The van der Waals surface area contributed by atoms with Gasteiger partial charge in [0.25, 0.3) is 0 Å². The number of ketones is 1. The van der Waals surface area contributed by atoms with Crippen LogP contribution in [0.25, 0.3) is 0 Å². The Morgan fingerprint density at radius 1 is 1.09 bits per heavy atom. The molecule has 0 unspecified atom stereocenters. The van der Waals surface area contributed by atoms with Gasteiger partial charge in [-0.15, -0.1) is 0 Å². The predicted molar refractivity (Wildman–Crippen MR) is 75.3 cm³/mol. The summed E-state index contributed by atoms with van der Waals surface area (Å²) in [5, 5.41) is 0. The van der Waals surface area contributed by atoms with Crippen molar-refractivity contribution in [1.82, 2.24) is 0 Å². The third-order valence-corrected chi connectivity index (χ3v) is 3.53. The normalized spacial score (nSPS) is 14.5. The fraction of sp³-hybridized carbons (Fsp3) is 0.500. The van der Waals surface area contributed by atoms with Crippen LogP contribution in [0.15, 0.2) is 24.3 Å². The van der Waals surface area contributed by atoms with Crippen LogP contribution in [0.4, 0.5) is 13.2 Å². The minimum absolute atomic E-state index is 0.110. The number of hydrogen-bond acceptors (Lipinski definition) is 3. The van der Waals surface area contributed by atoms with Gasteiger partial charge in [0, 0.05) is 0 Å². The third kappa shape index (κ3) is 3.48. The van der Waals surface area contributed by atoms with Crippen LogP contribution in [-0.2, 0) is 25.9 Å². The quantitative estimate of drug-likeness (QED) is 0.611. The topological polar surface area (TPSA) is 43.4 Å². The number of ether oxygens (including phenoxy) is 1. The minimum atomic E-state index is -4.47. The lowest BCUT2D eigenvalue weighted by Gasteiger charge is -2.29. The second-order valence-corrected chi connectivity index (χ2v) is 5.34. The van der Waals surface area contributed by atoms with Gasteiger partial charge < -0.3 is 4.74 Å². The molecule has 0 fully saturated rings. The molecule has 22 heavy (non-hydrogen) atoms. The summed E-state index contributed by atoms with van der Waals surface area (Å²) in [6.07, 6.45) is -4.78. The molecule has 0 saturated carbocycles. The van der Waals surface area contributed by atoms with Crippen LogP contribution >= 0.6 is 0 Å². The molecule has 1 rings (SSSR count). The second kappa shape index (κ2) is 6.50. The molecular formula is C16H19F3O3. The minimum Gasteiger partial charge on any atom is -0.462 e. The van der Waals surface area contributed by atoms with E-state index in [1.807, 2.05) is 0 Å². The highest BCUT2D eigenvalue weighted by Crippen LogP contribution is 2.35. The number of rotatable bonds is 5. The first-order valence-corrected chi connectivity index (χ1v) is 6.95. The monoisotopic (exact) mass is 316 g/mol. The average Bonchev–Trinajstić information content (AvgIpc) is 2.38. The number of carbonyl (C=O) groups is 2. The van der Waals surface area contributed by atoms with Crippen LogP contribution in [0.5, 0.6) is 0 Å². The fourth-order valence-corrected chi connectivity index (χ4v) is 2.32. The van der Waals surface area contributed by atoms with Crippen LogP contribution in [0.2, 0.25) is 0 Å². The summed E-state index contributed by atoms with van der Waals surface area (Å²) >= 11 is 0. The molecule has 0 aliphatic rings. The number of alkyl halides is 3. The van der Waals surface area contributed by atoms with Gasteiger partial charge in [0.2, 0.25) is 0 Å². The number of Topliss-reactive ketones (excluding diaryl/α,β-unsaturated/α-hetero) is 1. The summed E-state index contributed by atoms with van der Waals surface area (Å²) in [7, 11) is 0. The van der Waals surface area contributed by atoms with Gasteiger partial charge in [0.1, 0.15) is 0 Å². The van der Waals surface area contributed by atoms with Gasteiger partial charge in [-0.2, -0.15) is 13.2 Å². The van der Waals surface area contributed by atoms with E-state index < -0.39 is 35.0 Å². The Kier molecular flexibility index (Phi) is 5.38. The zero-order valence-corrected chi connectivity index (χ0v) is 13.0. The smallest absolute Gasteiger partial charge is 0.416 e. The Bertz CT molecular complexity index is 547. The highest BCUT2D eigenvalue weighted by atomic mass is 19.4. The number of hydrogen-bond donors (Lipinski definition) is 0. The standard InChI is InChI=1S/C16H19F3O3/c1-5-15(11(4)20,14(21)22-10(2)3)12-6-8-13(9-7-12)16(17,18)19/h6-10H,5H2,1-4H3/t15-/m0/s1. The molecule has 0 aliphatic heterocycles. The van der Waals surface area contributed by atoms with Crippen molar-refractivity contribution in [3.8, 4) is 0 Å². The maximum atomic E-state index is 12.6. The summed E-state index contributed by atoms with van der Waals surface area (Å²) in [5.74, 6) is -1.20. The van der Waals surface area contributed by atoms with Gasteiger partial charge in [-0.25, -0.2) is 0 Å². The highest BCUT2D eigenvalue weighted by Gasteiger charge is 2.45. The molecule has 0 spiro atoms. The van der Waals surface area contributed by atoms with Crippen LogP contribution in [0, 0.1) is 0 Å². The number of carbonyl (C=O) groups excluding carboxylic acids is 2. The molecule has 122 valence electrons. The molecule has 0 heterocycles. The fourth-order valence-electron chi connectivity index (χ4n) is 2.32. The largest absolute Gasteiger partial charge is 0.462 e. The van der Waals surface area contributed by atoms with Crippen LogP contribution in [0.3, 0.4) is 0 Å². The van der Waals surface area contributed by atoms with E-state index in [0.717, 1.165) is 24.3 Å². The van der Waals surface area contributed by atoms with Gasteiger partial charge in [-0.3, -0.25) is 9.59 Å². The molecule has 1 atom stereocenters. The molecule has 0 bridgehead atoms. The van der Waals surface area contributed by atoms with E-state index in [1.165, 1.54) is 6.92 Å². The van der Waals surface area contributed by atoms with Crippen LogP contribution in [-0.4, -0.2) is 17.9 Å². The number of esters is 1. The van der Waals surface area contributed by atoms with Gasteiger partial charge in [0.15, 0.2) is 11.2 Å². The first-order chi connectivity index (χ1) is 10.1. The zero-order valence-electron chi connectivity index (χ0n) is 13.0. The Balaban J connectivity index is 3.34. The van der Waals surface area contributed by atoms with E-state index in [4.69, 9.17) is 4.74 Å². The van der Waals surface area contributed by atoms with Gasteiger partial charge >= 0.3 is 12.1 Å². The molecular weight excluding hydrogens is 297 g/mol. The van der Waals surface area contributed by atoms with Crippen molar-refractivity contribution >= 4 is 11.8 Å². The van der Waals surface area contributed by atoms with Crippen molar-refractivity contribution < 1.29 is 27.5 Å². The number of benzene rings is 1. The van der Waals surface area contributed by atoms with Crippen molar-refractivity contribution in [1.29, 1.82) is 0 Å². The molecule has 0 aromatic heterocycles. The Morgan fingerprint density at radius 3 is 1.86 bits per heavy atom. The molecule has 1 aromatic rings. The number of halogens is 3. The third-order valence-electron chi connectivity index (χ3n) is 3.53. The molecule has 0 saturated heterocycles. The van der Waals surface area contributed by atoms with E-state index in [1.54, 1.807) is 20.8 Å². The maximum absolute atomic E-state index is 12.6. The van der Waals surface area contributed by atoms with Crippen LogP contribution < -0.4 is 0 Å². The Hall–Kier alpha value is -1.85. The van der Waals surface area contributed by atoms with Crippen molar-refractivity contribution in [2.45, 2.75) is 51.8 Å². The van der Waals surface area contributed by atoms with Gasteiger partial charge in [0.05, 0.1) is 11.7 Å². The van der Waals surface area contributed by atoms with E-state index in [2.05, 4.69) is 0 Å². The SMILES string of the molecule is CC[C@@](C(C)=O)(C(=O)OC(C)C)c1ccc(C(F)(F)F)cc1. The molecule has 0 radical (unpaired) electrons. The van der Waals surface area contributed by atoms with Gasteiger partial charge in [-0.1, -0.05) is 19.1 Å². The molecule has 0 N–H and O–H groups in total. The van der Waals surface area contributed by atoms with E-state index in [9.17, 15) is 22.8 Å². The summed E-state index contributed by atoms with van der Waals surface area (Å²) in [5.41, 5.74) is -2.20. The predicted octanol–water partition coefficient (Wildman–Crippen LogP) is 3.89. The second-order valence-electron chi connectivity index (χ2n) is 5.34. The summed E-state index contributed by atoms with van der Waals surface area (Å²) in [4.78, 5) is 24.4. The Morgan fingerprint density at radius 2 is 1.55 bits per heavy atom. The summed E-state index contributed by atoms with van der Waals surface area (Å²) in [6, 6.07) is 4.06. The van der Waals surface area contributed by atoms with Crippen molar-refractivity contribution in [2.24, 2.45) is 0 Å². The highest BCUT2D eigenvalue weighted by molar-refractivity contribution is 6.08. The lowest BCUT2D eigenvalue weighted by Crippen LogP contribution is -2.44. The first-order valence-electron chi connectivity index (χ1n) is 6.95. The molecule has 1 aromatic carbocycles. The maximum Gasteiger partial charge on any atom is 0.416 e. The zero-order chi connectivity index (χ0) is 17.1. The molecule has 6 heteroatoms. The lowest BCUT2D eigenvalue weighted by atomic mass is 9.74. The Labute approximate surface area is 127 Å². The van der Waals surface area contributed by atoms with E-state index >= 15 is 0 Å². The molecule has 0 aliphatic carbocycles. The van der Waals surface area contributed by atoms with Crippen LogP contribution in [0.1, 0.15) is 45.2 Å². The van der Waals surface area contributed by atoms with Crippen molar-refractivity contribution in [3.63, 3.8) is 0 Å². The first kappa shape index (κ1) is 18.2. The van der Waals surface area contributed by atoms with E-state index in [-0.39, 0.29) is 12.0 Å². The molecule has 3 nitrogen and oxygen atoms in total. The van der Waals surface area contributed by atoms with E-state index in [0.29, 0.717) is 0 Å². The summed E-state index contributed by atoms with van der Waals surface area (Å²) < 4.78 is 43.0. The summed E-state index contributed by atoms with van der Waals surface area (Å²) in [6.45, 7) is 6.15.